The number of carbonyl (C=O) groups excluding carboxylic acids is 2. The molecule has 0 bridgehead atoms. The van der Waals surface area contributed by atoms with E-state index in [9.17, 15) is 9.59 Å². The molecule has 108 valence electrons. The highest BCUT2D eigenvalue weighted by Gasteiger charge is 2.06. The van der Waals surface area contributed by atoms with Crippen LogP contribution in [0.25, 0.3) is 6.08 Å². The summed E-state index contributed by atoms with van der Waals surface area (Å²) >= 11 is 7.20. The third-order valence-electron chi connectivity index (χ3n) is 2.30. The number of nitrogens with zero attached hydrogens (tertiary/aromatic N) is 1. The molecule has 1 amide bonds. The fourth-order valence-electron chi connectivity index (χ4n) is 1.35. The zero-order chi connectivity index (χ0) is 15.1. The van der Waals surface area contributed by atoms with Gasteiger partial charge in [0.25, 0.3) is 5.91 Å². The van der Waals surface area contributed by atoms with Crippen molar-refractivity contribution in [2.75, 3.05) is 11.9 Å². The quantitative estimate of drug-likeness (QED) is 0.678. The first-order valence-corrected chi connectivity index (χ1v) is 7.24. The molecule has 21 heavy (non-hydrogen) atoms. The van der Waals surface area contributed by atoms with Gasteiger partial charge in [-0.2, -0.15) is 11.3 Å². The van der Waals surface area contributed by atoms with E-state index >= 15 is 0 Å². The lowest BCUT2D eigenvalue weighted by Crippen LogP contribution is -2.20. The van der Waals surface area contributed by atoms with E-state index in [0.29, 0.717) is 10.8 Å². The van der Waals surface area contributed by atoms with Gasteiger partial charge in [-0.1, -0.05) is 11.6 Å². The van der Waals surface area contributed by atoms with E-state index in [4.69, 9.17) is 16.3 Å². The van der Waals surface area contributed by atoms with E-state index in [1.807, 2.05) is 16.8 Å². The van der Waals surface area contributed by atoms with Gasteiger partial charge < -0.3 is 10.1 Å². The predicted octanol–water partition coefficient (Wildman–Crippen LogP) is 2.99. The molecule has 0 saturated carbocycles. The van der Waals surface area contributed by atoms with E-state index in [1.54, 1.807) is 18.2 Å². The lowest BCUT2D eigenvalue weighted by Gasteiger charge is -2.04. The standard InChI is InChI=1S/C14H11ClN2O3S/c15-11-2-3-12(16-7-11)17-13(18)8-20-14(19)4-1-10-5-6-21-9-10/h1-7,9H,8H2,(H,16,17,18)/b4-1+. The molecule has 0 atom stereocenters. The van der Waals surface area contributed by atoms with Gasteiger partial charge in [-0.25, -0.2) is 9.78 Å². The maximum Gasteiger partial charge on any atom is 0.331 e. The van der Waals surface area contributed by atoms with E-state index in [0.717, 1.165) is 5.56 Å². The Bertz CT molecular complexity index is 639. The maximum atomic E-state index is 11.6. The van der Waals surface area contributed by atoms with Crippen LogP contribution in [-0.2, 0) is 14.3 Å². The average molecular weight is 323 g/mol. The van der Waals surface area contributed by atoms with Crippen molar-refractivity contribution in [2.24, 2.45) is 0 Å². The zero-order valence-corrected chi connectivity index (χ0v) is 12.4. The highest BCUT2D eigenvalue weighted by molar-refractivity contribution is 7.08. The minimum atomic E-state index is -0.583. The Balaban J connectivity index is 1.75. The Labute approximate surface area is 130 Å². The van der Waals surface area contributed by atoms with Crippen LogP contribution in [0.5, 0.6) is 0 Å². The molecule has 2 rings (SSSR count). The van der Waals surface area contributed by atoms with Gasteiger partial charge in [0.05, 0.1) is 5.02 Å². The van der Waals surface area contributed by atoms with Crippen molar-refractivity contribution in [3.8, 4) is 0 Å². The number of pyridine rings is 1. The molecule has 0 aliphatic rings. The summed E-state index contributed by atoms with van der Waals surface area (Å²) in [6.07, 6.45) is 4.31. The second-order valence-electron chi connectivity index (χ2n) is 3.91. The molecule has 7 heteroatoms. The number of anilines is 1. The van der Waals surface area contributed by atoms with Gasteiger partial charge in [0.2, 0.25) is 0 Å². The van der Waals surface area contributed by atoms with Crippen molar-refractivity contribution in [1.82, 2.24) is 4.98 Å². The summed E-state index contributed by atoms with van der Waals surface area (Å²) in [5, 5.41) is 6.75. The molecule has 2 aromatic rings. The second-order valence-corrected chi connectivity index (χ2v) is 5.12. The summed E-state index contributed by atoms with van der Waals surface area (Å²) in [5.41, 5.74) is 0.909. The van der Waals surface area contributed by atoms with E-state index < -0.39 is 11.9 Å². The highest BCUT2D eigenvalue weighted by Crippen LogP contribution is 2.09. The van der Waals surface area contributed by atoms with Gasteiger partial charge in [-0.3, -0.25) is 4.79 Å². The van der Waals surface area contributed by atoms with Gasteiger partial charge in [0.15, 0.2) is 6.61 Å². The Kier molecular flexibility index (Phi) is 5.48. The largest absolute Gasteiger partial charge is 0.452 e. The first-order valence-electron chi connectivity index (χ1n) is 5.92. The van der Waals surface area contributed by atoms with Gasteiger partial charge in [-0.05, 0) is 40.6 Å². The van der Waals surface area contributed by atoms with Gasteiger partial charge in [0.1, 0.15) is 5.82 Å². The molecule has 5 nitrogen and oxygen atoms in total. The molecule has 0 unspecified atom stereocenters. The second kappa shape index (κ2) is 7.56. The Morgan fingerprint density at radius 2 is 2.24 bits per heavy atom. The van der Waals surface area contributed by atoms with E-state index in [-0.39, 0.29) is 6.61 Å². The number of hydrogen-bond donors (Lipinski definition) is 1. The molecule has 0 aliphatic carbocycles. The number of nitrogens with one attached hydrogen (secondary N) is 1. The Morgan fingerprint density at radius 1 is 1.38 bits per heavy atom. The fraction of sp³-hybridized carbons (Fsp3) is 0.0714. The molecule has 1 N–H and O–H groups in total. The number of hydrogen-bond acceptors (Lipinski definition) is 5. The van der Waals surface area contributed by atoms with Crippen LogP contribution in [0.3, 0.4) is 0 Å². The van der Waals surface area contributed by atoms with Crippen LogP contribution >= 0.6 is 22.9 Å². The summed E-state index contributed by atoms with van der Waals surface area (Å²) < 4.78 is 4.81. The monoisotopic (exact) mass is 322 g/mol. The summed E-state index contributed by atoms with van der Waals surface area (Å²) in [6.45, 7) is -0.378. The number of halogens is 1. The number of amides is 1. The van der Waals surface area contributed by atoms with Gasteiger partial charge in [0, 0.05) is 12.3 Å². The first kappa shape index (κ1) is 15.2. The SMILES string of the molecule is O=C(COC(=O)/C=C/c1ccsc1)Nc1ccc(Cl)cn1. The number of carbonyl (C=O) groups is 2. The van der Waals surface area contributed by atoms with E-state index in [2.05, 4.69) is 10.3 Å². The molecule has 0 spiro atoms. The first-order chi connectivity index (χ1) is 10.1. The van der Waals surface area contributed by atoms with Crippen LogP contribution in [0.15, 0.2) is 41.2 Å². The maximum absolute atomic E-state index is 11.6. The van der Waals surface area contributed by atoms with Crippen LogP contribution in [0, 0.1) is 0 Å². The van der Waals surface area contributed by atoms with Crippen LogP contribution in [-0.4, -0.2) is 23.5 Å². The van der Waals surface area contributed by atoms with Crippen LogP contribution in [0.2, 0.25) is 5.02 Å². The van der Waals surface area contributed by atoms with Crippen molar-refractivity contribution >= 4 is 46.7 Å². The summed E-state index contributed by atoms with van der Waals surface area (Å²) in [6, 6.07) is 5.02. The highest BCUT2D eigenvalue weighted by atomic mass is 35.5. The third kappa shape index (κ3) is 5.37. The minimum absolute atomic E-state index is 0.342. The van der Waals surface area contributed by atoms with Crippen molar-refractivity contribution < 1.29 is 14.3 Å². The average Bonchev–Trinajstić information content (AvgIpc) is 2.99. The molecule has 0 aromatic carbocycles. The molecule has 0 fully saturated rings. The summed E-state index contributed by atoms with van der Waals surface area (Å²) in [4.78, 5) is 26.9. The Morgan fingerprint density at radius 3 is 2.90 bits per heavy atom. The summed E-state index contributed by atoms with van der Waals surface area (Å²) in [7, 11) is 0. The smallest absolute Gasteiger partial charge is 0.331 e. The zero-order valence-electron chi connectivity index (χ0n) is 10.8. The lowest BCUT2D eigenvalue weighted by molar-refractivity contribution is -0.142. The minimum Gasteiger partial charge on any atom is -0.452 e. The number of esters is 1. The van der Waals surface area contributed by atoms with Gasteiger partial charge in [-0.15, -0.1) is 0 Å². The van der Waals surface area contributed by atoms with Crippen molar-refractivity contribution in [1.29, 1.82) is 0 Å². The molecule has 0 radical (unpaired) electrons. The fourth-order valence-corrected chi connectivity index (χ4v) is 2.09. The van der Waals surface area contributed by atoms with Crippen LogP contribution < -0.4 is 5.32 Å². The topological polar surface area (TPSA) is 68.3 Å². The molecule has 0 saturated heterocycles. The Hall–Kier alpha value is -2.18. The third-order valence-corrected chi connectivity index (χ3v) is 3.22. The normalized spacial score (nSPS) is 10.5. The van der Waals surface area contributed by atoms with Crippen LogP contribution in [0.4, 0.5) is 5.82 Å². The van der Waals surface area contributed by atoms with Crippen molar-refractivity contribution in [3.05, 3.63) is 51.8 Å². The molecule has 2 aromatic heterocycles. The predicted molar refractivity (Wildman–Crippen MR) is 82.2 cm³/mol. The lowest BCUT2D eigenvalue weighted by atomic mass is 10.3. The number of thiophene rings is 1. The van der Waals surface area contributed by atoms with Gasteiger partial charge >= 0.3 is 5.97 Å². The molecule has 2 heterocycles. The van der Waals surface area contributed by atoms with Crippen LogP contribution in [0.1, 0.15) is 5.56 Å². The molecule has 0 aliphatic heterocycles. The number of ether oxygens (including phenoxy) is 1. The summed E-state index contributed by atoms with van der Waals surface area (Å²) in [5.74, 6) is -0.711. The van der Waals surface area contributed by atoms with Crippen molar-refractivity contribution in [2.45, 2.75) is 0 Å². The molecular weight excluding hydrogens is 312 g/mol. The number of rotatable bonds is 5. The van der Waals surface area contributed by atoms with E-state index in [1.165, 1.54) is 23.6 Å². The van der Waals surface area contributed by atoms with Crippen molar-refractivity contribution in [3.63, 3.8) is 0 Å². The molecular formula is C14H11ClN2O3S. The number of aromatic nitrogens is 1.